The summed E-state index contributed by atoms with van der Waals surface area (Å²) in [5.74, 6) is -0.659. The van der Waals surface area contributed by atoms with E-state index in [1.165, 1.54) is 6.07 Å². The van der Waals surface area contributed by atoms with Gasteiger partial charge in [0.1, 0.15) is 5.82 Å². The molecule has 1 aromatic rings. The van der Waals surface area contributed by atoms with Gasteiger partial charge < -0.3 is 16.0 Å². The molecule has 0 spiro atoms. The first-order valence-electron chi connectivity index (χ1n) is 8.61. The van der Waals surface area contributed by atoms with E-state index in [0.29, 0.717) is 30.5 Å². The van der Waals surface area contributed by atoms with Crippen LogP contribution in [0.4, 0.5) is 14.9 Å². The summed E-state index contributed by atoms with van der Waals surface area (Å²) in [6.07, 6.45) is 1.70. The number of urea groups is 1. The average molecular weight is 383 g/mol. The highest BCUT2D eigenvalue weighted by Crippen LogP contribution is 2.28. The summed E-state index contributed by atoms with van der Waals surface area (Å²) in [5.41, 5.74) is 0.909. The van der Waals surface area contributed by atoms with Crippen molar-refractivity contribution in [3.05, 3.63) is 29.6 Å². The lowest BCUT2D eigenvalue weighted by Crippen LogP contribution is -2.39. The molecule has 142 valence electrons. The Morgan fingerprint density at radius 1 is 1.31 bits per heavy atom. The Kier molecular flexibility index (Phi) is 5.17. The zero-order valence-electron chi connectivity index (χ0n) is 14.4. The number of carbonyl (C=O) groups is 2. The first kappa shape index (κ1) is 18.6. The van der Waals surface area contributed by atoms with Crippen LogP contribution in [-0.2, 0) is 14.6 Å². The zero-order chi connectivity index (χ0) is 18.9. The van der Waals surface area contributed by atoms with Crippen LogP contribution in [0.15, 0.2) is 18.2 Å². The van der Waals surface area contributed by atoms with Crippen molar-refractivity contribution in [3.63, 3.8) is 0 Å². The Bertz CT molecular complexity index is 827. The van der Waals surface area contributed by atoms with Crippen molar-refractivity contribution >= 4 is 27.5 Å². The lowest BCUT2D eigenvalue weighted by Gasteiger charge is -2.16. The Labute approximate surface area is 151 Å². The number of amides is 3. The lowest BCUT2D eigenvalue weighted by molar-refractivity contribution is -0.116. The van der Waals surface area contributed by atoms with E-state index in [4.69, 9.17) is 0 Å². The maximum absolute atomic E-state index is 13.5. The molecule has 26 heavy (non-hydrogen) atoms. The topological polar surface area (TPSA) is 104 Å². The normalized spacial score (nSPS) is 26.1. The van der Waals surface area contributed by atoms with E-state index in [1.54, 1.807) is 19.1 Å². The van der Waals surface area contributed by atoms with Gasteiger partial charge in [-0.05, 0) is 37.5 Å². The van der Waals surface area contributed by atoms with Crippen LogP contribution in [0.1, 0.15) is 31.2 Å². The molecule has 2 aliphatic rings. The third-order valence-corrected chi connectivity index (χ3v) is 7.19. The summed E-state index contributed by atoms with van der Waals surface area (Å²) in [6, 6.07) is 3.42. The maximum Gasteiger partial charge on any atom is 0.315 e. The molecule has 2 aliphatic heterocycles. The molecule has 3 rings (SSSR count). The summed E-state index contributed by atoms with van der Waals surface area (Å²) >= 11 is 0. The fraction of sp³-hybridized carbons (Fsp3) is 0.529. The van der Waals surface area contributed by atoms with Crippen LogP contribution >= 0.6 is 0 Å². The first-order chi connectivity index (χ1) is 12.3. The fourth-order valence-electron chi connectivity index (χ4n) is 3.53. The predicted octanol–water partition coefficient (Wildman–Crippen LogP) is 1.48. The number of anilines is 1. The Balaban J connectivity index is 1.45. The molecule has 2 fully saturated rings. The molecule has 0 radical (unpaired) electrons. The number of sulfone groups is 1. The Hall–Kier alpha value is -2.16. The van der Waals surface area contributed by atoms with Gasteiger partial charge in [0, 0.05) is 12.1 Å². The number of fused-ring (bicyclic) bond motifs is 1. The number of nitrogens with one attached hydrogen (secondary N) is 3. The molecule has 0 bridgehead atoms. The van der Waals surface area contributed by atoms with Gasteiger partial charge in [0.05, 0.1) is 23.1 Å². The van der Waals surface area contributed by atoms with E-state index in [0.717, 1.165) is 0 Å². The number of benzene rings is 1. The molecule has 3 amide bonds. The molecule has 3 atom stereocenters. The molecule has 3 unspecified atom stereocenters. The standard InChI is InChI=1S/C17H22FN3O4S/c1-10-6-7-11(8-12(10)18)19-15(22)5-3-2-4-14-16-13(9-26(14,24)25)20-17(23)21-16/h6-8,13-14,16H,2-5,9H2,1H3,(H,19,22)(H2,20,21,23). The number of halogens is 1. The second-order valence-electron chi connectivity index (χ2n) is 6.88. The minimum absolute atomic E-state index is 0.0411. The smallest absolute Gasteiger partial charge is 0.315 e. The summed E-state index contributed by atoms with van der Waals surface area (Å²) in [7, 11) is -3.25. The summed E-state index contributed by atoms with van der Waals surface area (Å²) < 4.78 is 37.9. The van der Waals surface area contributed by atoms with Gasteiger partial charge in [-0.15, -0.1) is 0 Å². The summed E-state index contributed by atoms with van der Waals surface area (Å²) in [5, 5.41) is 7.31. The largest absolute Gasteiger partial charge is 0.332 e. The number of aryl methyl sites for hydroxylation is 1. The summed E-state index contributed by atoms with van der Waals surface area (Å²) in [6.45, 7) is 1.64. The highest BCUT2D eigenvalue weighted by Gasteiger charge is 2.51. The molecule has 3 N–H and O–H groups in total. The van der Waals surface area contributed by atoms with Crippen LogP contribution in [0.25, 0.3) is 0 Å². The van der Waals surface area contributed by atoms with Crippen molar-refractivity contribution in [1.29, 1.82) is 0 Å². The predicted molar refractivity (Wildman–Crippen MR) is 95.1 cm³/mol. The van der Waals surface area contributed by atoms with E-state index < -0.39 is 21.1 Å². The highest BCUT2D eigenvalue weighted by atomic mass is 32.2. The van der Waals surface area contributed by atoms with Gasteiger partial charge >= 0.3 is 6.03 Å². The van der Waals surface area contributed by atoms with Crippen LogP contribution in [0, 0.1) is 12.7 Å². The highest BCUT2D eigenvalue weighted by molar-refractivity contribution is 7.92. The average Bonchev–Trinajstić information content (AvgIpc) is 2.99. The van der Waals surface area contributed by atoms with Crippen LogP contribution < -0.4 is 16.0 Å². The van der Waals surface area contributed by atoms with Crippen molar-refractivity contribution in [3.8, 4) is 0 Å². The molecule has 0 aromatic heterocycles. The lowest BCUT2D eigenvalue weighted by atomic mass is 10.0. The zero-order valence-corrected chi connectivity index (χ0v) is 15.2. The monoisotopic (exact) mass is 383 g/mol. The van der Waals surface area contributed by atoms with Crippen molar-refractivity contribution in [2.24, 2.45) is 0 Å². The number of unbranched alkanes of at least 4 members (excludes halogenated alkanes) is 1. The van der Waals surface area contributed by atoms with Crippen molar-refractivity contribution in [1.82, 2.24) is 10.6 Å². The van der Waals surface area contributed by atoms with E-state index >= 15 is 0 Å². The fourth-order valence-corrected chi connectivity index (χ4v) is 5.80. The van der Waals surface area contributed by atoms with Gasteiger partial charge in [-0.1, -0.05) is 12.5 Å². The van der Waals surface area contributed by atoms with E-state index in [1.807, 2.05) is 0 Å². The minimum Gasteiger partial charge on any atom is -0.332 e. The first-order valence-corrected chi connectivity index (χ1v) is 10.3. The molecule has 0 aliphatic carbocycles. The maximum atomic E-state index is 13.5. The third-order valence-electron chi connectivity index (χ3n) is 4.92. The van der Waals surface area contributed by atoms with Gasteiger partial charge in [-0.3, -0.25) is 4.79 Å². The molecular formula is C17H22FN3O4S. The molecule has 0 saturated carbocycles. The summed E-state index contributed by atoms with van der Waals surface area (Å²) in [4.78, 5) is 23.3. The Morgan fingerprint density at radius 2 is 2.08 bits per heavy atom. The second-order valence-corrected chi connectivity index (χ2v) is 9.14. The van der Waals surface area contributed by atoms with E-state index in [9.17, 15) is 22.4 Å². The molecule has 2 heterocycles. The van der Waals surface area contributed by atoms with Gasteiger partial charge in [0.2, 0.25) is 5.91 Å². The molecule has 2 saturated heterocycles. The molecule has 9 heteroatoms. The van der Waals surface area contributed by atoms with Gasteiger partial charge in [-0.2, -0.15) is 0 Å². The van der Waals surface area contributed by atoms with Crippen molar-refractivity contribution < 1.29 is 22.4 Å². The van der Waals surface area contributed by atoms with Crippen LogP contribution in [0.3, 0.4) is 0 Å². The van der Waals surface area contributed by atoms with Crippen LogP contribution in [-0.4, -0.2) is 43.4 Å². The SMILES string of the molecule is Cc1ccc(NC(=O)CCCCC2C3NC(=O)NC3CS2(=O)=O)cc1F. The number of hydrogen-bond acceptors (Lipinski definition) is 4. The van der Waals surface area contributed by atoms with Crippen molar-refractivity contribution in [2.75, 3.05) is 11.1 Å². The molecule has 1 aromatic carbocycles. The number of rotatable bonds is 6. The van der Waals surface area contributed by atoms with E-state index in [2.05, 4.69) is 16.0 Å². The third kappa shape index (κ3) is 3.98. The van der Waals surface area contributed by atoms with Crippen molar-refractivity contribution in [2.45, 2.75) is 49.9 Å². The number of carbonyl (C=O) groups excluding carboxylic acids is 2. The quantitative estimate of drug-likeness (QED) is 0.511. The van der Waals surface area contributed by atoms with Crippen LogP contribution in [0.2, 0.25) is 0 Å². The molecule has 7 nitrogen and oxygen atoms in total. The minimum atomic E-state index is -3.25. The molecular weight excluding hydrogens is 361 g/mol. The Morgan fingerprint density at radius 3 is 2.81 bits per heavy atom. The van der Waals surface area contributed by atoms with Gasteiger partial charge in [0.15, 0.2) is 9.84 Å². The number of hydrogen-bond donors (Lipinski definition) is 3. The van der Waals surface area contributed by atoms with Gasteiger partial charge in [0.25, 0.3) is 0 Å². The van der Waals surface area contributed by atoms with Gasteiger partial charge in [-0.25, -0.2) is 17.6 Å². The van der Waals surface area contributed by atoms with Crippen LogP contribution in [0.5, 0.6) is 0 Å². The second kappa shape index (κ2) is 7.22. The van der Waals surface area contributed by atoms with E-state index in [-0.39, 0.29) is 36.0 Å².